The third-order valence-electron chi connectivity index (χ3n) is 4.04. The number of nitrogens with zero attached hydrogens (tertiary/aromatic N) is 1. The smallest absolute Gasteiger partial charge is 0.322 e. The van der Waals surface area contributed by atoms with Gasteiger partial charge in [0.05, 0.1) is 5.75 Å². The molecule has 6 heteroatoms. The first-order chi connectivity index (χ1) is 11.0. The van der Waals surface area contributed by atoms with Crippen LogP contribution in [0.15, 0.2) is 54.6 Å². The van der Waals surface area contributed by atoms with Gasteiger partial charge >= 0.3 is 5.97 Å². The summed E-state index contributed by atoms with van der Waals surface area (Å²) in [4.78, 5) is 11.6. The first-order valence-electron chi connectivity index (χ1n) is 7.30. The van der Waals surface area contributed by atoms with Gasteiger partial charge in [0.15, 0.2) is 0 Å². The second kappa shape index (κ2) is 6.14. The van der Waals surface area contributed by atoms with Crippen LogP contribution in [0.3, 0.4) is 0 Å². The number of benzene rings is 2. The van der Waals surface area contributed by atoms with Crippen molar-refractivity contribution in [2.24, 2.45) is 0 Å². The van der Waals surface area contributed by atoms with E-state index in [1.807, 2.05) is 30.3 Å². The summed E-state index contributed by atoms with van der Waals surface area (Å²) in [6.07, 6.45) is 0.194. The molecule has 1 unspecified atom stereocenters. The minimum atomic E-state index is -3.72. The van der Waals surface area contributed by atoms with Gasteiger partial charge in [-0.1, -0.05) is 54.6 Å². The molecule has 2 aromatic carbocycles. The van der Waals surface area contributed by atoms with Crippen molar-refractivity contribution in [1.29, 1.82) is 0 Å². The summed E-state index contributed by atoms with van der Waals surface area (Å²) in [5.41, 5.74) is 2.41. The van der Waals surface area contributed by atoms with Crippen molar-refractivity contribution in [1.82, 2.24) is 4.31 Å². The predicted octanol–water partition coefficient (Wildman–Crippen LogP) is 2.03. The number of fused-ring (bicyclic) bond motifs is 1. The average molecular weight is 331 g/mol. The van der Waals surface area contributed by atoms with E-state index in [1.165, 1.54) is 0 Å². The van der Waals surface area contributed by atoms with Crippen LogP contribution >= 0.6 is 0 Å². The molecule has 0 fully saturated rings. The molecule has 23 heavy (non-hydrogen) atoms. The van der Waals surface area contributed by atoms with Gasteiger partial charge in [-0.25, -0.2) is 8.42 Å². The maximum absolute atomic E-state index is 12.7. The lowest BCUT2D eigenvalue weighted by atomic mass is 9.96. The van der Waals surface area contributed by atoms with E-state index in [0.717, 1.165) is 15.4 Å². The van der Waals surface area contributed by atoms with Crippen LogP contribution in [-0.2, 0) is 33.5 Å². The molecule has 0 amide bonds. The molecule has 120 valence electrons. The van der Waals surface area contributed by atoms with Gasteiger partial charge in [-0.05, 0) is 16.7 Å². The van der Waals surface area contributed by atoms with E-state index in [9.17, 15) is 18.3 Å². The topological polar surface area (TPSA) is 74.7 Å². The second-order valence-electron chi connectivity index (χ2n) is 5.61. The molecule has 5 nitrogen and oxygen atoms in total. The van der Waals surface area contributed by atoms with E-state index in [2.05, 4.69) is 0 Å². The fourth-order valence-electron chi connectivity index (χ4n) is 2.87. The molecule has 3 rings (SSSR count). The lowest BCUT2D eigenvalue weighted by molar-refractivity contribution is -0.141. The third kappa shape index (κ3) is 3.28. The fraction of sp³-hybridized carbons (Fsp3) is 0.235. The molecule has 1 N–H and O–H groups in total. The van der Waals surface area contributed by atoms with Crippen LogP contribution in [-0.4, -0.2) is 29.8 Å². The Labute approximate surface area is 135 Å². The minimum absolute atomic E-state index is 0.0995. The Balaban J connectivity index is 1.94. The molecule has 1 aliphatic heterocycles. The average Bonchev–Trinajstić information content (AvgIpc) is 2.54. The first kappa shape index (κ1) is 15.7. The molecular weight excluding hydrogens is 314 g/mol. The van der Waals surface area contributed by atoms with Gasteiger partial charge < -0.3 is 5.11 Å². The molecule has 0 saturated heterocycles. The molecule has 0 saturated carbocycles. The van der Waals surface area contributed by atoms with Crippen LogP contribution in [0.1, 0.15) is 16.7 Å². The number of carbonyl (C=O) groups is 1. The quantitative estimate of drug-likeness (QED) is 0.930. The van der Waals surface area contributed by atoms with Crippen LogP contribution in [0.5, 0.6) is 0 Å². The number of hydrogen-bond donors (Lipinski definition) is 1. The van der Waals surface area contributed by atoms with Crippen LogP contribution < -0.4 is 0 Å². The molecule has 0 aliphatic carbocycles. The SMILES string of the molecule is O=C(O)C1Cc2ccccc2CN1S(=O)(=O)Cc1ccccc1. The number of hydrogen-bond acceptors (Lipinski definition) is 3. The Kier molecular flexibility index (Phi) is 4.19. The lowest BCUT2D eigenvalue weighted by Gasteiger charge is -2.33. The zero-order chi connectivity index (χ0) is 16.4. The molecule has 0 radical (unpaired) electrons. The van der Waals surface area contributed by atoms with Crippen molar-refractivity contribution in [3.63, 3.8) is 0 Å². The Hall–Kier alpha value is -2.18. The molecule has 0 aromatic heterocycles. The third-order valence-corrected chi connectivity index (χ3v) is 5.84. The van der Waals surface area contributed by atoms with E-state index in [4.69, 9.17) is 0 Å². The molecular formula is C17H17NO4S. The van der Waals surface area contributed by atoms with E-state index in [0.29, 0.717) is 5.56 Å². The van der Waals surface area contributed by atoms with Gasteiger partial charge in [0.1, 0.15) is 6.04 Å². The number of carboxylic acids is 1. The van der Waals surface area contributed by atoms with Crippen LogP contribution in [0, 0.1) is 0 Å². The molecule has 1 aliphatic rings. The summed E-state index contributed by atoms with van der Waals surface area (Å²) in [5, 5.41) is 9.46. The van der Waals surface area contributed by atoms with Crippen LogP contribution in [0.2, 0.25) is 0 Å². The minimum Gasteiger partial charge on any atom is -0.480 e. The first-order valence-corrected chi connectivity index (χ1v) is 8.91. The Morgan fingerprint density at radius 1 is 1.04 bits per heavy atom. The van der Waals surface area contributed by atoms with Crippen molar-refractivity contribution < 1.29 is 18.3 Å². The van der Waals surface area contributed by atoms with Gasteiger partial charge in [-0.15, -0.1) is 0 Å². The zero-order valence-corrected chi connectivity index (χ0v) is 13.2. The van der Waals surface area contributed by atoms with Gasteiger partial charge in [0.2, 0.25) is 10.0 Å². The highest BCUT2D eigenvalue weighted by molar-refractivity contribution is 7.88. The Bertz CT molecular complexity index is 817. The van der Waals surface area contributed by atoms with Gasteiger partial charge in [-0.2, -0.15) is 4.31 Å². The molecule has 1 heterocycles. The lowest BCUT2D eigenvalue weighted by Crippen LogP contribution is -2.48. The maximum atomic E-state index is 12.7. The summed E-state index contributed by atoms with van der Waals surface area (Å²) in [6, 6.07) is 15.1. The largest absolute Gasteiger partial charge is 0.480 e. The number of rotatable bonds is 4. The Morgan fingerprint density at radius 2 is 1.65 bits per heavy atom. The fourth-order valence-corrected chi connectivity index (χ4v) is 4.54. The van der Waals surface area contributed by atoms with E-state index in [1.54, 1.807) is 24.3 Å². The molecule has 1 atom stereocenters. The zero-order valence-electron chi connectivity index (χ0n) is 12.4. The van der Waals surface area contributed by atoms with E-state index in [-0.39, 0.29) is 18.7 Å². The monoisotopic (exact) mass is 331 g/mol. The van der Waals surface area contributed by atoms with Crippen molar-refractivity contribution in [2.75, 3.05) is 0 Å². The summed E-state index contributed by atoms with van der Waals surface area (Å²) in [7, 11) is -3.72. The highest BCUT2D eigenvalue weighted by Gasteiger charge is 2.38. The molecule has 2 aromatic rings. The molecule has 0 bridgehead atoms. The van der Waals surface area contributed by atoms with Crippen molar-refractivity contribution in [3.05, 3.63) is 71.3 Å². The Morgan fingerprint density at radius 3 is 2.30 bits per heavy atom. The molecule has 0 spiro atoms. The predicted molar refractivity (Wildman–Crippen MR) is 86.2 cm³/mol. The second-order valence-corrected chi connectivity index (χ2v) is 7.54. The number of sulfonamides is 1. The van der Waals surface area contributed by atoms with Crippen LogP contribution in [0.4, 0.5) is 0 Å². The number of carboxylic acid groups (broad SMARTS) is 1. The number of aliphatic carboxylic acids is 1. The summed E-state index contributed by atoms with van der Waals surface area (Å²) >= 11 is 0. The van der Waals surface area contributed by atoms with Gasteiger partial charge in [-0.3, -0.25) is 4.79 Å². The summed E-state index contributed by atoms with van der Waals surface area (Å²) in [6.45, 7) is 0.0995. The van der Waals surface area contributed by atoms with Crippen molar-refractivity contribution in [2.45, 2.75) is 24.8 Å². The summed E-state index contributed by atoms with van der Waals surface area (Å²) in [5.74, 6) is -1.31. The van der Waals surface area contributed by atoms with Gasteiger partial charge in [0.25, 0.3) is 0 Å². The van der Waals surface area contributed by atoms with E-state index < -0.39 is 22.0 Å². The maximum Gasteiger partial charge on any atom is 0.322 e. The normalized spacial score (nSPS) is 18.3. The van der Waals surface area contributed by atoms with Crippen LogP contribution in [0.25, 0.3) is 0 Å². The van der Waals surface area contributed by atoms with Crippen molar-refractivity contribution >= 4 is 16.0 Å². The highest BCUT2D eigenvalue weighted by Crippen LogP contribution is 2.27. The summed E-state index contributed by atoms with van der Waals surface area (Å²) < 4.78 is 26.6. The van der Waals surface area contributed by atoms with Crippen molar-refractivity contribution in [3.8, 4) is 0 Å². The van der Waals surface area contributed by atoms with Gasteiger partial charge in [0, 0.05) is 13.0 Å². The highest BCUT2D eigenvalue weighted by atomic mass is 32.2. The van der Waals surface area contributed by atoms with E-state index >= 15 is 0 Å². The standard InChI is InChI=1S/C17H17NO4S/c19-17(20)16-10-14-8-4-5-9-15(14)11-18(16)23(21,22)12-13-6-2-1-3-7-13/h1-9,16H,10-12H2,(H,19,20).